The summed E-state index contributed by atoms with van der Waals surface area (Å²) < 4.78 is 79.9. The number of hydrogen-bond donors (Lipinski definition) is 0. The van der Waals surface area contributed by atoms with E-state index in [2.05, 4.69) is 16.1 Å². The predicted molar refractivity (Wildman–Crippen MR) is 58.0 cm³/mol. The highest BCUT2D eigenvalue weighted by molar-refractivity contribution is 5.48. The molecule has 0 heterocycles. The second-order valence-electron chi connectivity index (χ2n) is 3.64. The summed E-state index contributed by atoms with van der Waals surface area (Å²) in [5.41, 5.74) is 0.230. The van der Waals surface area contributed by atoms with Crippen molar-refractivity contribution in [3.05, 3.63) is 42.3 Å². The molecule has 0 aromatic heterocycles. The third-order valence-electron chi connectivity index (χ3n) is 2.16. The minimum Gasteiger partial charge on any atom is -0.402 e. The molecule has 0 saturated heterocycles. The van der Waals surface area contributed by atoms with E-state index in [0.29, 0.717) is 5.92 Å². The van der Waals surface area contributed by atoms with E-state index in [0.717, 1.165) is 12.1 Å². The molecular formula is C12H9F6O2. The standard InChI is InChI=1S/C12H9F6O2/c1-3-7(2)8-4-5-9(19-11(13,14)15)10(6-8)20-12(16,17)18/h3-6H,1H2,2H3. The zero-order valence-corrected chi connectivity index (χ0v) is 10.1. The van der Waals surface area contributed by atoms with Crippen LogP contribution in [0.15, 0.2) is 30.9 Å². The third-order valence-corrected chi connectivity index (χ3v) is 2.16. The van der Waals surface area contributed by atoms with Crippen LogP contribution in [-0.2, 0) is 0 Å². The van der Waals surface area contributed by atoms with Crippen molar-refractivity contribution in [2.75, 3.05) is 0 Å². The summed E-state index contributed by atoms with van der Waals surface area (Å²) in [6.45, 7) is 4.94. The van der Waals surface area contributed by atoms with Crippen molar-refractivity contribution in [1.29, 1.82) is 0 Å². The summed E-state index contributed by atoms with van der Waals surface area (Å²) in [5, 5.41) is 0. The van der Waals surface area contributed by atoms with Gasteiger partial charge in [-0.3, -0.25) is 0 Å². The van der Waals surface area contributed by atoms with Crippen LogP contribution < -0.4 is 9.47 Å². The number of hydrogen-bond acceptors (Lipinski definition) is 2. The monoisotopic (exact) mass is 299 g/mol. The van der Waals surface area contributed by atoms with Gasteiger partial charge < -0.3 is 9.47 Å². The molecule has 1 radical (unpaired) electrons. The molecule has 0 aliphatic heterocycles. The van der Waals surface area contributed by atoms with Crippen LogP contribution in [0.1, 0.15) is 12.5 Å². The van der Waals surface area contributed by atoms with Crippen molar-refractivity contribution >= 4 is 0 Å². The highest BCUT2D eigenvalue weighted by Crippen LogP contribution is 2.37. The molecule has 0 amide bonds. The summed E-state index contributed by atoms with van der Waals surface area (Å²) >= 11 is 0. The lowest BCUT2D eigenvalue weighted by molar-refractivity contribution is -0.287. The number of allylic oxidation sites excluding steroid dienone is 1. The second-order valence-corrected chi connectivity index (χ2v) is 3.64. The Morgan fingerprint density at radius 1 is 1.00 bits per heavy atom. The Balaban J connectivity index is 3.19. The van der Waals surface area contributed by atoms with Crippen molar-refractivity contribution in [2.45, 2.75) is 19.6 Å². The Hall–Kier alpha value is -1.86. The van der Waals surface area contributed by atoms with Crippen molar-refractivity contribution in [3.63, 3.8) is 0 Å². The number of halogens is 6. The average molecular weight is 299 g/mol. The first-order chi connectivity index (χ1) is 9.02. The number of rotatable bonds is 4. The van der Waals surface area contributed by atoms with E-state index in [-0.39, 0.29) is 5.56 Å². The smallest absolute Gasteiger partial charge is 0.402 e. The zero-order valence-electron chi connectivity index (χ0n) is 10.1. The fourth-order valence-electron chi connectivity index (χ4n) is 1.28. The van der Waals surface area contributed by atoms with Gasteiger partial charge in [-0.2, -0.15) is 0 Å². The van der Waals surface area contributed by atoms with Crippen LogP contribution in [0.2, 0.25) is 0 Å². The predicted octanol–water partition coefficient (Wildman–Crippen LogP) is 4.61. The molecule has 0 aliphatic rings. The molecule has 8 heteroatoms. The van der Waals surface area contributed by atoms with Gasteiger partial charge in [0.05, 0.1) is 0 Å². The van der Waals surface area contributed by atoms with Crippen molar-refractivity contribution in [2.24, 2.45) is 0 Å². The van der Waals surface area contributed by atoms with Gasteiger partial charge in [0.2, 0.25) is 0 Å². The quantitative estimate of drug-likeness (QED) is 0.756. The van der Waals surface area contributed by atoms with E-state index in [9.17, 15) is 26.3 Å². The van der Waals surface area contributed by atoms with Gasteiger partial charge in [0.25, 0.3) is 0 Å². The van der Waals surface area contributed by atoms with Crippen LogP contribution in [0, 0.1) is 5.92 Å². The third kappa shape index (κ3) is 5.02. The van der Waals surface area contributed by atoms with Crippen LogP contribution in [0.25, 0.3) is 0 Å². The SMILES string of the molecule is C=C[C](C)c1ccc(OC(F)(F)F)c(OC(F)(F)F)c1. The molecule has 20 heavy (non-hydrogen) atoms. The van der Waals surface area contributed by atoms with E-state index in [1.54, 1.807) is 0 Å². The van der Waals surface area contributed by atoms with E-state index in [1.165, 1.54) is 19.1 Å². The van der Waals surface area contributed by atoms with Crippen LogP contribution in [0.4, 0.5) is 26.3 Å². The summed E-state index contributed by atoms with van der Waals surface area (Å²) in [6, 6.07) is 2.71. The molecule has 1 rings (SSSR count). The number of benzene rings is 1. The molecule has 0 spiro atoms. The number of alkyl halides is 6. The average Bonchev–Trinajstić information content (AvgIpc) is 2.26. The summed E-state index contributed by atoms with van der Waals surface area (Å²) in [4.78, 5) is 0. The fourth-order valence-corrected chi connectivity index (χ4v) is 1.28. The van der Waals surface area contributed by atoms with Gasteiger partial charge in [0.15, 0.2) is 11.5 Å². The van der Waals surface area contributed by atoms with Crippen molar-refractivity contribution < 1.29 is 35.8 Å². The van der Waals surface area contributed by atoms with Gasteiger partial charge in [-0.15, -0.1) is 32.9 Å². The van der Waals surface area contributed by atoms with Crippen molar-refractivity contribution in [3.8, 4) is 11.5 Å². The molecule has 0 saturated carbocycles. The normalized spacial score (nSPS) is 12.4. The summed E-state index contributed by atoms with van der Waals surface area (Å²) in [7, 11) is 0. The Kier molecular flexibility index (Phi) is 4.57. The Bertz CT molecular complexity index is 478. The maximum absolute atomic E-state index is 12.2. The van der Waals surface area contributed by atoms with Crippen molar-refractivity contribution in [1.82, 2.24) is 0 Å². The maximum Gasteiger partial charge on any atom is 0.573 e. The second kappa shape index (κ2) is 5.64. The minimum atomic E-state index is -5.13. The number of ether oxygens (including phenoxy) is 2. The van der Waals surface area contributed by atoms with Gasteiger partial charge >= 0.3 is 12.7 Å². The molecular weight excluding hydrogens is 290 g/mol. The molecule has 0 N–H and O–H groups in total. The van der Waals surface area contributed by atoms with Gasteiger partial charge in [0, 0.05) is 5.92 Å². The topological polar surface area (TPSA) is 18.5 Å². The first-order valence-electron chi connectivity index (χ1n) is 5.14. The molecule has 111 valence electrons. The van der Waals surface area contributed by atoms with E-state index in [4.69, 9.17) is 0 Å². The lowest BCUT2D eigenvalue weighted by Crippen LogP contribution is -2.21. The van der Waals surface area contributed by atoms with Crippen LogP contribution in [0.5, 0.6) is 11.5 Å². The molecule has 0 aliphatic carbocycles. The van der Waals surface area contributed by atoms with Crippen LogP contribution in [0.3, 0.4) is 0 Å². The Morgan fingerprint density at radius 2 is 1.50 bits per heavy atom. The van der Waals surface area contributed by atoms with Gasteiger partial charge in [0.1, 0.15) is 0 Å². The highest BCUT2D eigenvalue weighted by Gasteiger charge is 2.36. The highest BCUT2D eigenvalue weighted by atomic mass is 19.4. The molecule has 0 bridgehead atoms. The van der Waals surface area contributed by atoms with Gasteiger partial charge in [-0.05, 0) is 17.7 Å². The van der Waals surface area contributed by atoms with Crippen LogP contribution >= 0.6 is 0 Å². The van der Waals surface area contributed by atoms with E-state index in [1.807, 2.05) is 0 Å². The van der Waals surface area contributed by atoms with E-state index >= 15 is 0 Å². The molecule has 0 fully saturated rings. The Labute approximate surface area is 110 Å². The molecule has 1 aromatic rings. The van der Waals surface area contributed by atoms with Gasteiger partial charge in [-0.1, -0.05) is 19.1 Å². The fraction of sp³-hybridized carbons (Fsp3) is 0.250. The van der Waals surface area contributed by atoms with E-state index < -0.39 is 24.2 Å². The Morgan fingerprint density at radius 3 is 1.95 bits per heavy atom. The lowest BCUT2D eigenvalue weighted by atomic mass is 10.0. The van der Waals surface area contributed by atoms with Gasteiger partial charge in [-0.25, -0.2) is 0 Å². The molecule has 1 aromatic carbocycles. The first kappa shape index (κ1) is 16.2. The first-order valence-corrected chi connectivity index (χ1v) is 5.14. The maximum atomic E-state index is 12.2. The zero-order chi connectivity index (χ0) is 15.6. The molecule has 0 unspecified atom stereocenters. The largest absolute Gasteiger partial charge is 0.573 e. The summed E-state index contributed by atoms with van der Waals surface area (Å²) in [5.74, 6) is -1.68. The summed E-state index contributed by atoms with van der Waals surface area (Å²) in [6.07, 6.45) is -8.91. The minimum absolute atomic E-state index is 0.230. The molecule has 2 nitrogen and oxygen atoms in total. The molecule has 0 atom stereocenters. The van der Waals surface area contributed by atoms with Crippen LogP contribution in [-0.4, -0.2) is 12.7 Å². The lowest BCUT2D eigenvalue weighted by Gasteiger charge is -2.17.